The molecule has 3 N–H and O–H groups in total. The summed E-state index contributed by atoms with van der Waals surface area (Å²) in [5, 5.41) is 0. The van der Waals surface area contributed by atoms with Crippen molar-refractivity contribution in [2.24, 2.45) is 0 Å². The van der Waals surface area contributed by atoms with E-state index in [1.807, 2.05) is 6.92 Å². The van der Waals surface area contributed by atoms with Gasteiger partial charge < -0.3 is 25.1 Å². The van der Waals surface area contributed by atoms with Crippen LogP contribution in [0.3, 0.4) is 0 Å². The Morgan fingerprint density at radius 2 is 2.00 bits per heavy atom. The number of alkyl halides is 3. The number of anilines is 1. The largest absolute Gasteiger partial charge is 0.416 e. The second-order valence-electron chi connectivity index (χ2n) is 8.39. The number of carbonyl (C=O) groups excluding carboxylic acids is 1. The lowest BCUT2D eigenvalue weighted by molar-refractivity contribution is -0.137. The fourth-order valence-corrected chi connectivity index (χ4v) is 4.67. The second kappa shape index (κ2) is 7.74. The number of aromatic amines is 1. The van der Waals surface area contributed by atoms with Gasteiger partial charge in [-0.25, -0.2) is 4.98 Å². The lowest BCUT2D eigenvalue weighted by Crippen LogP contribution is -2.37. The van der Waals surface area contributed by atoms with E-state index in [9.17, 15) is 18.0 Å². The zero-order valence-corrected chi connectivity index (χ0v) is 18.1. The van der Waals surface area contributed by atoms with Crippen molar-refractivity contribution in [2.75, 3.05) is 19.4 Å². The number of likely N-dealkylation sites (N-methyl/N-ethyl adjacent to an activating group) is 1. The lowest BCUT2D eigenvalue weighted by Gasteiger charge is -2.37. The predicted molar refractivity (Wildman–Crippen MR) is 114 cm³/mol. The SMILES string of the molecule is CC[C@@H]1OC[C@@H](N(C)C(=O)c2cc3nc(N)c4c(c3[nH]2)COC4)c2ccc(C(F)(F)F)cc21. The van der Waals surface area contributed by atoms with Crippen LogP contribution in [0.25, 0.3) is 11.0 Å². The van der Waals surface area contributed by atoms with E-state index in [1.165, 1.54) is 11.0 Å². The number of hydrogen-bond donors (Lipinski definition) is 2. The molecule has 0 saturated carbocycles. The Balaban J connectivity index is 1.50. The number of pyridine rings is 1. The molecule has 7 nitrogen and oxygen atoms in total. The molecule has 4 heterocycles. The third kappa shape index (κ3) is 3.53. The van der Waals surface area contributed by atoms with Crippen LogP contribution in [0.15, 0.2) is 24.3 Å². The molecule has 10 heteroatoms. The number of nitrogens with zero attached hydrogens (tertiary/aromatic N) is 2. The van der Waals surface area contributed by atoms with E-state index in [0.29, 0.717) is 53.3 Å². The summed E-state index contributed by atoms with van der Waals surface area (Å²) in [6.07, 6.45) is -4.38. The molecular weight excluding hydrogens is 437 g/mol. The number of benzene rings is 1. The Morgan fingerprint density at radius 1 is 1.24 bits per heavy atom. The van der Waals surface area contributed by atoms with Gasteiger partial charge in [-0.3, -0.25) is 4.79 Å². The van der Waals surface area contributed by atoms with Gasteiger partial charge in [0.2, 0.25) is 0 Å². The number of halogens is 3. The highest BCUT2D eigenvalue weighted by molar-refractivity contribution is 5.98. The van der Waals surface area contributed by atoms with Crippen LogP contribution in [0.2, 0.25) is 0 Å². The first kappa shape index (κ1) is 21.7. The first-order valence-electron chi connectivity index (χ1n) is 10.7. The monoisotopic (exact) mass is 460 g/mol. The maximum absolute atomic E-state index is 13.4. The van der Waals surface area contributed by atoms with Gasteiger partial charge in [-0.1, -0.05) is 13.0 Å². The number of hydrogen-bond acceptors (Lipinski definition) is 5. The van der Waals surface area contributed by atoms with Crippen LogP contribution in [-0.2, 0) is 28.9 Å². The van der Waals surface area contributed by atoms with E-state index in [1.54, 1.807) is 13.1 Å². The topological polar surface area (TPSA) is 93.5 Å². The molecule has 174 valence electrons. The maximum Gasteiger partial charge on any atom is 0.416 e. The number of ether oxygens (including phenoxy) is 2. The van der Waals surface area contributed by atoms with E-state index < -0.39 is 23.9 Å². The van der Waals surface area contributed by atoms with Gasteiger partial charge in [0.25, 0.3) is 5.91 Å². The smallest absolute Gasteiger partial charge is 0.383 e. The summed E-state index contributed by atoms with van der Waals surface area (Å²) in [4.78, 5) is 22.4. The third-order valence-electron chi connectivity index (χ3n) is 6.47. The number of nitrogen functional groups attached to an aromatic ring is 1. The van der Waals surface area contributed by atoms with Gasteiger partial charge in [0.05, 0.1) is 48.6 Å². The Hall–Kier alpha value is -3.11. The molecule has 33 heavy (non-hydrogen) atoms. The Bertz CT molecular complexity index is 1250. The van der Waals surface area contributed by atoms with Gasteiger partial charge in [0, 0.05) is 18.2 Å². The quantitative estimate of drug-likeness (QED) is 0.601. The normalized spacial score (nSPS) is 20.0. The summed E-state index contributed by atoms with van der Waals surface area (Å²) in [5.41, 5.74) is 9.70. The molecule has 0 fully saturated rings. The average Bonchev–Trinajstić information content (AvgIpc) is 3.44. The summed E-state index contributed by atoms with van der Waals surface area (Å²) >= 11 is 0. The van der Waals surface area contributed by atoms with Gasteiger partial charge in [-0.2, -0.15) is 13.2 Å². The summed E-state index contributed by atoms with van der Waals surface area (Å²) in [6.45, 7) is 2.80. The van der Waals surface area contributed by atoms with Crippen molar-refractivity contribution < 1.29 is 27.4 Å². The van der Waals surface area contributed by atoms with Gasteiger partial charge >= 0.3 is 6.18 Å². The van der Waals surface area contributed by atoms with E-state index in [0.717, 1.165) is 23.3 Å². The first-order valence-corrected chi connectivity index (χ1v) is 10.7. The number of rotatable bonds is 3. The average molecular weight is 460 g/mol. The van der Waals surface area contributed by atoms with E-state index in [-0.39, 0.29) is 12.5 Å². The number of aromatic nitrogens is 2. The third-order valence-corrected chi connectivity index (χ3v) is 6.47. The van der Waals surface area contributed by atoms with Gasteiger partial charge in [-0.15, -0.1) is 0 Å². The van der Waals surface area contributed by atoms with Gasteiger partial charge in [0.1, 0.15) is 11.5 Å². The fourth-order valence-electron chi connectivity index (χ4n) is 4.67. The number of H-pyrrole nitrogens is 1. The van der Waals surface area contributed by atoms with Crippen LogP contribution >= 0.6 is 0 Å². The molecule has 2 aliphatic rings. The molecule has 0 aliphatic carbocycles. The molecule has 2 aromatic heterocycles. The molecule has 2 atom stereocenters. The van der Waals surface area contributed by atoms with Crippen molar-refractivity contribution in [3.63, 3.8) is 0 Å². The van der Waals surface area contributed by atoms with Gasteiger partial charge in [0.15, 0.2) is 0 Å². The minimum atomic E-state index is -4.45. The van der Waals surface area contributed by atoms with E-state index in [2.05, 4.69) is 9.97 Å². The molecule has 0 bridgehead atoms. The minimum absolute atomic E-state index is 0.188. The van der Waals surface area contributed by atoms with Crippen LogP contribution in [0, 0.1) is 0 Å². The Labute approximate surface area is 187 Å². The molecule has 3 aromatic rings. The van der Waals surface area contributed by atoms with Crippen molar-refractivity contribution >= 4 is 22.8 Å². The molecule has 0 spiro atoms. The summed E-state index contributed by atoms with van der Waals surface area (Å²) in [5.74, 6) is 0.0515. The highest BCUT2D eigenvalue weighted by atomic mass is 19.4. The first-order chi connectivity index (χ1) is 15.7. The minimum Gasteiger partial charge on any atom is -0.383 e. The molecule has 1 amide bonds. The van der Waals surface area contributed by atoms with Crippen LogP contribution in [0.5, 0.6) is 0 Å². The van der Waals surface area contributed by atoms with E-state index >= 15 is 0 Å². The van der Waals surface area contributed by atoms with Crippen LogP contribution in [-0.4, -0.2) is 34.4 Å². The molecule has 1 aromatic carbocycles. The number of fused-ring (bicyclic) bond motifs is 4. The lowest BCUT2D eigenvalue weighted by atomic mass is 9.90. The number of carbonyl (C=O) groups is 1. The Morgan fingerprint density at radius 3 is 2.73 bits per heavy atom. The highest BCUT2D eigenvalue weighted by Crippen LogP contribution is 2.41. The zero-order chi connectivity index (χ0) is 23.5. The zero-order valence-electron chi connectivity index (χ0n) is 18.1. The number of nitrogens with two attached hydrogens (primary N) is 1. The van der Waals surface area contributed by atoms with Crippen LogP contribution in [0.1, 0.15) is 63.8 Å². The maximum atomic E-state index is 13.4. The predicted octanol–water partition coefficient (Wildman–Crippen LogP) is 4.49. The number of amides is 1. The molecule has 0 saturated heterocycles. The second-order valence-corrected chi connectivity index (χ2v) is 8.39. The van der Waals surface area contributed by atoms with Crippen molar-refractivity contribution in [1.29, 1.82) is 0 Å². The summed E-state index contributed by atoms with van der Waals surface area (Å²) in [7, 11) is 1.62. The molecule has 0 unspecified atom stereocenters. The molecule has 5 rings (SSSR count). The molecule has 2 aliphatic heterocycles. The van der Waals surface area contributed by atoms with Crippen molar-refractivity contribution in [2.45, 2.75) is 44.9 Å². The fraction of sp³-hybridized carbons (Fsp3) is 0.391. The van der Waals surface area contributed by atoms with E-state index in [4.69, 9.17) is 15.2 Å². The van der Waals surface area contributed by atoms with Crippen LogP contribution < -0.4 is 5.73 Å². The Kier molecular flexibility index (Phi) is 5.09. The summed E-state index contributed by atoms with van der Waals surface area (Å²) < 4.78 is 51.2. The van der Waals surface area contributed by atoms with Crippen molar-refractivity contribution in [3.8, 4) is 0 Å². The molecule has 0 radical (unpaired) electrons. The number of nitrogens with one attached hydrogen (secondary N) is 1. The van der Waals surface area contributed by atoms with Crippen LogP contribution in [0.4, 0.5) is 19.0 Å². The molecular formula is C23H23F3N4O3. The van der Waals surface area contributed by atoms with Crippen molar-refractivity contribution in [1.82, 2.24) is 14.9 Å². The van der Waals surface area contributed by atoms with Gasteiger partial charge in [-0.05, 0) is 35.7 Å². The van der Waals surface area contributed by atoms with Crippen molar-refractivity contribution in [3.05, 3.63) is 57.8 Å². The highest BCUT2D eigenvalue weighted by Gasteiger charge is 2.36. The summed E-state index contributed by atoms with van der Waals surface area (Å²) in [6, 6.07) is 4.75. The standard InChI is InChI=1S/C23H23F3N4O3/c1-3-19-13-6-11(23(24,25)26)4-5-12(13)18(10-33-19)30(2)22(31)17-7-16-20(28-17)14-8-32-9-15(14)21(27)29-16/h4-7,18-19,28H,3,8-10H2,1-2H3,(H2,27,29)/t18-,19+/m1/s1.